The van der Waals surface area contributed by atoms with E-state index in [2.05, 4.69) is 10.6 Å². The third-order valence-electron chi connectivity index (χ3n) is 4.36. The minimum atomic E-state index is -0.760. The number of hydrogen-bond donors (Lipinski definition) is 2. The van der Waals surface area contributed by atoms with Crippen LogP contribution in [0.25, 0.3) is 0 Å². The number of nitriles is 1. The van der Waals surface area contributed by atoms with Crippen molar-refractivity contribution in [3.63, 3.8) is 0 Å². The van der Waals surface area contributed by atoms with Gasteiger partial charge in [-0.3, -0.25) is 14.9 Å². The van der Waals surface area contributed by atoms with Gasteiger partial charge >= 0.3 is 6.09 Å². The van der Waals surface area contributed by atoms with Crippen LogP contribution in [-0.2, 0) is 29.2 Å². The van der Waals surface area contributed by atoms with Gasteiger partial charge in [-0.1, -0.05) is 42.5 Å². The molecule has 2 amide bonds. The van der Waals surface area contributed by atoms with E-state index >= 15 is 0 Å². The molecule has 0 aliphatic heterocycles. The molecule has 2 N–H and O–H groups in total. The van der Waals surface area contributed by atoms with Crippen molar-refractivity contribution in [2.24, 2.45) is 0 Å². The quantitative estimate of drug-likeness (QED) is 0.615. The molecule has 0 spiro atoms. The Kier molecular flexibility index (Phi) is 7.16. The second kappa shape index (κ2) is 10.4. The third-order valence-corrected chi connectivity index (χ3v) is 4.36. The van der Waals surface area contributed by atoms with E-state index in [1.54, 1.807) is 30.3 Å². The van der Waals surface area contributed by atoms with Crippen molar-refractivity contribution in [3.05, 3.63) is 100.0 Å². The van der Waals surface area contributed by atoms with Gasteiger partial charge in [0, 0.05) is 12.7 Å². The van der Waals surface area contributed by atoms with E-state index in [4.69, 9.17) is 10.00 Å². The van der Waals surface area contributed by atoms with Crippen molar-refractivity contribution in [2.75, 3.05) is 5.32 Å². The van der Waals surface area contributed by atoms with Gasteiger partial charge in [0.15, 0.2) is 0 Å². The van der Waals surface area contributed by atoms with Crippen molar-refractivity contribution >= 4 is 17.7 Å². The lowest BCUT2D eigenvalue weighted by Gasteiger charge is -2.10. The number of rotatable bonds is 7. The summed E-state index contributed by atoms with van der Waals surface area (Å²) in [4.78, 5) is 36.8. The van der Waals surface area contributed by atoms with Gasteiger partial charge in [0.05, 0.1) is 11.6 Å². The van der Waals surface area contributed by atoms with Crippen LogP contribution in [0.4, 0.5) is 10.5 Å². The standard InChI is InChI=1S/C23H20N4O4/c24-13-17-8-10-18(11-9-17)14-25-21(28)15-27-12-4-7-20(22(27)29)26-23(30)31-16-19-5-2-1-3-6-19/h1-12H,14-16H2,(H,25,28)(H,26,30). The molecule has 8 nitrogen and oxygen atoms in total. The molecular weight excluding hydrogens is 396 g/mol. The Morgan fingerprint density at radius 3 is 2.42 bits per heavy atom. The topological polar surface area (TPSA) is 113 Å². The molecule has 0 unspecified atom stereocenters. The first-order valence-corrected chi connectivity index (χ1v) is 9.48. The van der Waals surface area contributed by atoms with E-state index in [0.29, 0.717) is 5.56 Å². The van der Waals surface area contributed by atoms with Gasteiger partial charge in [-0.2, -0.15) is 5.26 Å². The van der Waals surface area contributed by atoms with Crippen LogP contribution in [0, 0.1) is 11.3 Å². The first kappa shape index (κ1) is 21.3. The second-order valence-corrected chi connectivity index (χ2v) is 6.63. The highest BCUT2D eigenvalue weighted by atomic mass is 16.5. The number of hydrogen-bond acceptors (Lipinski definition) is 5. The van der Waals surface area contributed by atoms with E-state index in [1.165, 1.54) is 16.8 Å². The normalized spacial score (nSPS) is 10.0. The lowest BCUT2D eigenvalue weighted by Crippen LogP contribution is -2.33. The predicted molar refractivity (Wildman–Crippen MR) is 114 cm³/mol. The molecule has 0 aliphatic carbocycles. The maximum atomic E-state index is 12.5. The van der Waals surface area contributed by atoms with Crippen molar-refractivity contribution in [3.8, 4) is 6.07 Å². The Morgan fingerprint density at radius 1 is 0.968 bits per heavy atom. The molecule has 8 heteroatoms. The van der Waals surface area contributed by atoms with Crippen LogP contribution in [0.15, 0.2) is 77.7 Å². The molecule has 3 rings (SSSR count). The number of nitrogens with zero attached hydrogens (tertiary/aromatic N) is 2. The van der Waals surface area contributed by atoms with Crippen LogP contribution in [0.2, 0.25) is 0 Å². The third kappa shape index (κ3) is 6.30. The molecule has 31 heavy (non-hydrogen) atoms. The molecule has 0 bridgehead atoms. The first-order chi connectivity index (χ1) is 15.0. The van der Waals surface area contributed by atoms with E-state index in [1.807, 2.05) is 36.4 Å². The number of carbonyl (C=O) groups is 2. The number of amides is 2. The summed E-state index contributed by atoms with van der Waals surface area (Å²) in [5.41, 5.74) is 1.68. The molecule has 2 aromatic carbocycles. The molecule has 0 saturated heterocycles. The highest BCUT2D eigenvalue weighted by Gasteiger charge is 2.11. The zero-order valence-electron chi connectivity index (χ0n) is 16.6. The highest BCUT2D eigenvalue weighted by molar-refractivity contribution is 5.84. The van der Waals surface area contributed by atoms with Crippen molar-refractivity contribution in [2.45, 2.75) is 19.7 Å². The minimum absolute atomic E-state index is 0.0143. The summed E-state index contributed by atoms with van der Waals surface area (Å²) in [6.07, 6.45) is 0.702. The predicted octanol–water partition coefficient (Wildman–Crippen LogP) is 2.79. The molecular formula is C23H20N4O4. The monoisotopic (exact) mass is 416 g/mol. The van der Waals surface area contributed by atoms with Gasteiger partial charge in [0.2, 0.25) is 5.91 Å². The number of pyridine rings is 1. The highest BCUT2D eigenvalue weighted by Crippen LogP contribution is 2.05. The molecule has 0 radical (unpaired) electrons. The molecule has 0 fully saturated rings. The zero-order chi connectivity index (χ0) is 22.1. The fourth-order valence-corrected chi connectivity index (χ4v) is 2.73. The Hall–Kier alpha value is -4.38. The minimum Gasteiger partial charge on any atom is -0.444 e. The molecule has 3 aromatic rings. The van der Waals surface area contributed by atoms with Gasteiger partial charge < -0.3 is 14.6 Å². The Balaban J connectivity index is 1.54. The average molecular weight is 416 g/mol. The van der Waals surface area contributed by atoms with Crippen LogP contribution in [-0.4, -0.2) is 16.6 Å². The van der Waals surface area contributed by atoms with Crippen molar-refractivity contribution < 1.29 is 14.3 Å². The lowest BCUT2D eigenvalue weighted by atomic mass is 10.1. The van der Waals surface area contributed by atoms with Crippen LogP contribution in [0.1, 0.15) is 16.7 Å². The average Bonchev–Trinajstić information content (AvgIpc) is 2.80. The lowest BCUT2D eigenvalue weighted by molar-refractivity contribution is -0.121. The summed E-state index contributed by atoms with van der Waals surface area (Å²) in [5, 5.41) is 13.9. The number of ether oxygens (including phenoxy) is 1. The van der Waals surface area contributed by atoms with Crippen molar-refractivity contribution in [1.82, 2.24) is 9.88 Å². The van der Waals surface area contributed by atoms with Gasteiger partial charge in [-0.25, -0.2) is 4.79 Å². The summed E-state index contributed by atoms with van der Waals surface area (Å²) in [6.45, 7) is 0.137. The van der Waals surface area contributed by atoms with E-state index in [-0.39, 0.29) is 31.3 Å². The summed E-state index contributed by atoms with van der Waals surface area (Å²) < 4.78 is 6.31. The van der Waals surface area contributed by atoms with Crippen LogP contribution < -0.4 is 16.2 Å². The van der Waals surface area contributed by atoms with Gasteiger partial charge in [0.1, 0.15) is 18.8 Å². The number of carbonyl (C=O) groups excluding carboxylic acids is 2. The molecule has 1 aromatic heterocycles. The fraction of sp³-hybridized carbons (Fsp3) is 0.130. The van der Waals surface area contributed by atoms with Gasteiger partial charge in [-0.05, 0) is 35.4 Å². The van der Waals surface area contributed by atoms with E-state index in [9.17, 15) is 14.4 Å². The molecule has 0 saturated carbocycles. The Morgan fingerprint density at radius 2 is 1.71 bits per heavy atom. The Labute approximate surface area is 178 Å². The Bertz CT molecular complexity index is 1150. The number of aromatic nitrogens is 1. The summed E-state index contributed by atoms with van der Waals surface area (Å²) in [6, 6.07) is 21.0. The summed E-state index contributed by atoms with van der Waals surface area (Å²) in [7, 11) is 0. The first-order valence-electron chi connectivity index (χ1n) is 9.48. The number of anilines is 1. The SMILES string of the molecule is N#Cc1ccc(CNC(=O)Cn2cccc(NC(=O)OCc3ccccc3)c2=O)cc1. The van der Waals surface area contributed by atoms with Gasteiger partial charge in [-0.15, -0.1) is 0 Å². The smallest absolute Gasteiger partial charge is 0.412 e. The molecule has 156 valence electrons. The number of nitrogens with one attached hydrogen (secondary N) is 2. The van der Waals surface area contributed by atoms with Crippen LogP contribution in [0.5, 0.6) is 0 Å². The largest absolute Gasteiger partial charge is 0.444 e. The van der Waals surface area contributed by atoms with Gasteiger partial charge in [0.25, 0.3) is 5.56 Å². The van der Waals surface area contributed by atoms with Crippen LogP contribution in [0.3, 0.4) is 0 Å². The summed E-state index contributed by atoms with van der Waals surface area (Å²) in [5.74, 6) is -0.365. The molecule has 0 aliphatic rings. The molecule has 1 heterocycles. The molecule has 0 atom stereocenters. The fourth-order valence-electron chi connectivity index (χ4n) is 2.73. The summed E-state index contributed by atoms with van der Waals surface area (Å²) >= 11 is 0. The van der Waals surface area contributed by atoms with E-state index < -0.39 is 11.7 Å². The zero-order valence-corrected chi connectivity index (χ0v) is 16.6. The second-order valence-electron chi connectivity index (χ2n) is 6.63. The maximum absolute atomic E-state index is 12.5. The van der Waals surface area contributed by atoms with Crippen LogP contribution >= 0.6 is 0 Å². The van der Waals surface area contributed by atoms with Crippen molar-refractivity contribution in [1.29, 1.82) is 5.26 Å². The number of benzene rings is 2. The van der Waals surface area contributed by atoms with E-state index in [0.717, 1.165) is 11.1 Å². The maximum Gasteiger partial charge on any atom is 0.412 e.